The molecule has 0 radical (unpaired) electrons. The van der Waals surface area contributed by atoms with E-state index in [9.17, 15) is 0 Å². The standard InChI is InChI=1S/C51H33N5.C50H32N6/c1-4-14-34(15-5-1)45-32-46(35-16-6-2-7-17-35)54-50(53-45)36-24-27-40(28-25-36)55-47-22-12-10-20-41(47)43-30-37(26-29-49(43)55)38-31-44-42-21-11-13-23-48(42)56(51(44)52-33-38)39-18-8-3-9-19-39;1-4-14-33(15-5-1)47-52-48(34-16-6-2-7-17-34)54-49(53-47)35-24-27-39(28-25-35)55-44-22-12-10-20-40(44)42-30-36(26-29-46(42)55)37-31-43-41-21-11-13-23-45(41)56(50(43)51-32-37)38-18-8-3-9-19-38/h1-33H;1-32H. The van der Waals surface area contributed by atoms with Crippen LogP contribution < -0.4 is 0 Å². The number of aromatic nitrogens is 11. The van der Waals surface area contributed by atoms with Gasteiger partial charge in [-0.05, 0) is 151 Å². The molecule has 0 bridgehead atoms. The van der Waals surface area contributed by atoms with Gasteiger partial charge in [0.15, 0.2) is 23.3 Å². The van der Waals surface area contributed by atoms with Crippen molar-refractivity contribution in [2.75, 3.05) is 0 Å². The van der Waals surface area contributed by atoms with Crippen molar-refractivity contribution in [3.05, 3.63) is 395 Å². The highest BCUT2D eigenvalue weighted by molar-refractivity contribution is 6.14. The first-order valence-electron chi connectivity index (χ1n) is 37.6. The molecule has 0 aliphatic rings. The lowest BCUT2D eigenvalue weighted by atomic mass is 10.0. The minimum Gasteiger partial charge on any atom is -0.309 e. The van der Waals surface area contributed by atoms with E-state index in [1.54, 1.807) is 0 Å². The van der Waals surface area contributed by atoms with Crippen molar-refractivity contribution in [3.8, 4) is 113 Å². The van der Waals surface area contributed by atoms with Gasteiger partial charge in [0.1, 0.15) is 11.3 Å². The van der Waals surface area contributed by atoms with Gasteiger partial charge in [-0.25, -0.2) is 34.9 Å². The summed E-state index contributed by atoms with van der Waals surface area (Å²) < 4.78 is 9.20. The van der Waals surface area contributed by atoms with Crippen LogP contribution in [0.15, 0.2) is 395 Å². The molecule has 0 N–H and O–H groups in total. The Balaban J connectivity index is 0.000000141. The molecule has 0 spiro atoms. The van der Waals surface area contributed by atoms with Crippen molar-refractivity contribution < 1.29 is 0 Å². The Labute approximate surface area is 644 Å². The zero-order valence-electron chi connectivity index (χ0n) is 60.4. The van der Waals surface area contributed by atoms with Crippen molar-refractivity contribution in [2.45, 2.75) is 0 Å². The maximum absolute atomic E-state index is 5.09. The number of benzene rings is 14. The summed E-state index contributed by atoms with van der Waals surface area (Å²) >= 11 is 0. The number of hydrogen-bond donors (Lipinski definition) is 0. The van der Waals surface area contributed by atoms with Crippen LogP contribution in [0.1, 0.15) is 0 Å². The number of pyridine rings is 2. The van der Waals surface area contributed by atoms with E-state index in [0.717, 1.165) is 145 Å². The third-order valence-electron chi connectivity index (χ3n) is 21.4. The fraction of sp³-hybridized carbons (Fsp3) is 0. The Bertz CT molecular complexity index is 6770. The van der Waals surface area contributed by atoms with Gasteiger partial charge >= 0.3 is 0 Å². The third kappa shape index (κ3) is 11.5. The number of rotatable bonds is 12. The van der Waals surface area contributed by atoms with Gasteiger partial charge in [0, 0.05) is 123 Å². The minimum atomic E-state index is 0.633. The van der Waals surface area contributed by atoms with Gasteiger partial charge < -0.3 is 9.13 Å². The van der Waals surface area contributed by atoms with Crippen molar-refractivity contribution in [3.63, 3.8) is 0 Å². The zero-order valence-corrected chi connectivity index (χ0v) is 60.4. The number of fused-ring (bicyclic) bond motifs is 12. The molecule has 0 atom stereocenters. The van der Waals surface area contributed by atoms with E-state index in [2.05, 4.69) is 291 Å². The first-order valence-corrected chi connectivity index (χ1v) is 37.6. The number of hydrogen-bond acceptors (Lipinski definition) is 7. The molecule has 22 aromatic rings. The first kappa shape index (κ1) is 65.0. The normalized spacial score (nSPS) is 11.6. The van der Waals surface area contributed by atoms with Crippen molar-refractivity contribution in [2.24, 2.45) is 0 Å². The molecular formula is C101H65N11. The highest BCUT2D eigenvalue weighted by Gasteiger charge is 2.22. The monoisotopic (exact) mass is 1430 g/mol. The molecule has 22 rings (SSSR count). The van der Waals surface area contributed by atoms with Crippen LogP contribution in [0.5, 0.6) is 0 Å². The zero-order chi connectivity index (χ0) is 74.0. The van der Waals surface area contributed by atoms with E-state index in [0.29, 0.717) is 23.3 Å². The summed E-state index contributed by atoms with van der Waals surface area (Å²) in [5.41, 5.74) is 25.2. The molecule has 0 fully saturated rings. The van der Waals surface area contributed by atoms with E-state index in [1.807, 2.05) is 122 Å². The summed E-state index contributed by atoms with van der Waals surface area (Å²) in [4.78, 5) is 35.1. The van der Waals surface area contributed by atoms with Crippen LogP contribution in [0.3, 0.4) is 0 Å². The van der Waals surface area contributed by atoms with Crippen molar-refractivity contribution in [1.82, 2.24) is 53.2 Å². The third-order valence-corrected chi connectivity index (χ3v) is 21.4. The van der Waals surface area contributed by atoms with E-state index in [1.165, 1.54) is 32.3 Å². The second-order valence-electron chi connectivity index (χ2n) is 28.1. The lowest BCUT2D eigenvalue weighted by Gasteiger charge is -2.11. The molecule has 0 aliphatic heterocycles. The van der Waals surface area contributed by atoms with E-state index < -0.39 is 0 Å². The van der Waals surface area contributed by atoms with Gasteiger partial charge in [-0.3, -0.25) is 9.13 Å². The summed E-state index contributed by atoms with van der Waals surface area (Å²) in [6.45, 7) is 0. The Morgan fingerprint density at radius 1 is 0.161 bits per heavy atom. The Kier molecular flexibility index (Phi) is 15.9. The topological polar surface area (TPSA) is 110 Å². The van der Waals surface area contributed by atoms with Gasteiger partial charge in [0.05, 0.1) is 44.5 Å². The number of para-hydroxylation sites is 6. The van der Waals surface area contributed by atoms with E-state index in [-0.39, 0.29) is 0 Å². The molecule has 524 valence electrons. The Hall–Kier alpha value is -15.3. The predicted octanol–water partition coefficient (Wildman–Crippen LogP) is 24.9. The van der Waals surface area contributed by atoms with Crippen LogP contribution >= 0.6 is 0 Å². The van der Waals surface area contributed by atoms with Gasteiger partial charge in [0.2, 0.25) is 0 Å². The van der Waals surface area contributed by atoms with Crippen LogP contribution in [0.2, 0.25) is 0 Å². The average molecular weight is 1430 g/mol. The van der Waals surface area contributed by atoms with Crippen LogP contribution in [0.4, 0.5) is 0 Å². The molecule has 0 saturated carbocycles. The lowest BCUT2D eigenvalue weighted by Crippen LogP contribution is -2.00. The van der Waals surface area contributed by atoms with E-state index in [4.69, 9.17) is 34.9 Å². The molecule has 11 heteroatoms. The molecule has 0 aliphatic carbocycles. The summed E-state index contributed by atoms with van der Waals surface area (Å²) in [7, 11) is 0. The molecule has 11 nitrogen and oxygen atoms in total. The molecular weight excluding hydrogens is 1370 g/mol. The maximum Gasteiger partial charge on any atom is 0.164 e. The quantitative estimate of drug-likeness (QED) is 0.120. The smallest absolute Gasteiger partial charge is 0.164 e. The van der Waals surface area contributed by atoms with Gasteiger partial charge in [0.25, 0.3) is 0 Å². The predicted molar refractivity (Wildman–Crippen MR) is 458 cm³/mol. The maximum atomic E-state index is 5.09. The molecule has 0 amide bonds. The SMILES string of the molecule is c1ccc(-c2cc(-c3ccccc3)nc(-c3ccc(-n4c5ccccc5c5cc(-c6cnc7c(c6)c6ccccc6n7-c6ccccc6)ccc54)cc3)n2)cc1.c1ccc(-c2nc(-c3ccccc3)nc(-c3ccc(-n4c5ccccc5c5cc(-c6cnc7c(c6)c6ccccc6n7-c6ccccc6)ccc54)cc3)n2)cc1. The molecule has 0 saturated heterocycles. The van der Waals surface area contributed by atoms with Crippen LogP contribution in [-0.2, 0) is 0 Å². The molecule has 112 heavy (non-hydrogen) atoms. The lowest BCUT2D eigenvalue weighted by molar-refractivity contribution is 1.07. The average Bonchev–Trinajstić information content (AvgIpc) is 1.58. The summed E-state index contributed by atoms with van der Waals surface area (Å²) in [6.07, 6.45) is 4.02. The Morgan fingerprint density at radius 2 is 0.420 bits per heavy atom. The largest absolute Gasteiger partial charge is 0.309 e. The Morgan fingerprint density at radius 3 is 0.786 bits per heavy atom. The van der Waals surface area contributed by atoms with Gasteiger partial charge in [-0.15, -0.1) is 0 Å². The molecule has 8 aromatic heterocycles. The first-order chi connectivity index (χ1) is 55.5. The van der Waals surface area contributed by atoms with Gasteiger partial charge in [-0.2, -0.15) is 0 Å². The van der Waals surface area contributed by atoms with Crippen molar-refractivity contribution >= 4 is 87.5 Å². The highest BCUT2D eigenvalue weighted by atomic mass is 15.1. The summed E-state index contributed by atoms with van der Waals surface area (Å²) in [5.74, 6) is 2.62. The van der Waals surface area contributed by atoms with Gasteiger partial charge in [-0.1, -0.05) is 243 Å². The van der Waals surface area contributed by atoms with Crippen LogP contribution in [-0.4, -0.2) is 53.2 Å². The summed E-state index contributed by atoms with van der Waals surface area (Å²) in [5, 5.41) is 9.43. The highest BCUT2D eigenvalue weighted by Crippen LogP contribution is 2.42. The number of nitrogens with zero attached hydrogens (tertiary/aromatic N) is 11. The minimum absolute atomic E-state index is 0.633. The fourth-order valence-corrected chi connectivity index (χ4v) is 16.1. The van der Waals surface area contributed by atoms with Crippen LogP contribution in [0, 0.1) is 0 Å². The molecule has 8 heterocycles. The fourth-order valence-electron chi connectivity index (χ4n) is 16.1. The summed E-state index contributed by atoms with van der Waals surface area (Å²) in [6, 6.07) is 133. The second-order valence-corrected chi connectivity index (χ2v) is 28.1. The second kappa shape index (κ2) is 27.5. The molecule has 14 aromatic carbocycles. The van der Waals surface area contributed by atoms with Crippen molar-refractivity contribution in [1.29, 1.82) is 0 Å². The van der Waals surface area contributed by atoms with Crippen LogP contribution in [0.25, 0.3) is 201 Å². The molecule has 0 unspecified atom stereocenters. The van der Waals surface area contributed by atoms with E-state index >= 15 is 0 Å².